The van der Waals surface area contributed by atoms with E-state index in [1.807, 2.05) is 45.0 Å². The summed E-state index contributed by atoms with van der Waals surface area (Å²) in [6.45, 7) is 8.35. The molecule has 184 valence electrons. The Hall–Kier alpha value is -3.23. The smallest absolute Gasteiger partial charge is 0.255 e. The van der Waals surface area contributed by atoms with Crippen LogP contribution in [-0.2, 0) is 14.8 Å². The molecule has 0 radical (unpaired) electrons. The van der Waals surface area contributed by atoms with Crippen LogP contribution in [0.2, 0.25) is 0 Å². The third kappa shape index (κ3) is 5.09. The molecule has 4 rings (SSSR count). The number of fused-ring (bicyclic) bond motifs is 1. The summed E-state index contributed by atoms with van der Waals surface area (Å²) < 4.78 is 30.0. The quantitative estimate of drug-likeness (QED) is 0.557. The third-order valence-electron chi connectivity index (χ3n) is 6.79. The van der Waals surface area contributed by atoms with Crippen LogP contribution in [0.4, 0.5) is 5.69 Å². The SMILES string of the molecule is CC(=O)N1C[C@@H](C)C(NS(=O)(=O)c2ccc(NC(=O)c3ccccc3C)c3ccccc23)[C@@H](C)C1. The molecular weight excluding hydrogens is 462 g/mol. The maximum absolute atomic E-state index is 13.5. The molecule has 0 aliphatic carbocycles. The van der Waals surface area contributed by atoms with E-state index in [9.17, 15) is 18.0 Å². The second kappa shape index (κ2) is 9.79. The lowest BCUT2D eigenvalue weighted by molar-refractivity contribution is -0.131. The van der Waals surface area contributed by atoms with Gasteiger partial charge in [-0.3, -0.25) is 9.59 Å². The van der Waals surface area contributed by atoms with Crippen molar-refractivity contribution in [2.24, 2.45) is 11.8 Å². The van der Waals surface area contributed by atoms with E-state index in [0.717, 1.165) is 5.56 Å². The number of aryl methyl sites for hydroxylation is 1. The monoisotopic (exact) mass is 493 g/mol. The molecular formula is C27H31N3O4S. The van der Waals surface area contributed by atoms with Gasteiger partial charge in [-0.25, -0.2) is 13.1 Å². The zero-order valence-electron chi connectivity index (χ0n) is 20.4. The number of rotatable bonds is 5. The van der Waals surface area contributed by atoms with E-state index in [-0.39, 0.29) is 34.6 Å². The van der Waals surface area contributed by atoms with Crippen molar-refractivity contribution in [3.63, 3.8) is 0 Å². The first-order chi connectivity index (χ1) is 16.6. The summed E-state index contributed by atoms with van der Waals surface area (Å²) in [5.41, 5.74) is 1.97. The average Bonchev–Trinajstić information content (AvgIpc) is 2.81. The Bertz CT molecular complexity index is 1370. The van der Waals surface area contributed by atoms with Crippen molar-refractivity contribution in [1.82, 2.24) is 9.62 Å². The molecule has 0 saturated carbocycles. The fraction of sp³-hybridized carbons (Fsp3) is 0.333. The Balaban J connectivity index is 1.65. The zero-order chi connectivity index (χ0) is 25.3. The van der Waals surface area contributed by atoms with E-state index in [2.05, 4.69) is 10.0 Å². The Morgan fingerprint density at radius 3 is 2.11 bits per heavy atom. The average molecular weight is 494 g/mol. The highest BCUT2D eigenvalue weighted by atomic mass is 32.2. The Morgan fingerprint density at radius 1 is 0.886 bits per heavy atom. The first-order valence-electron chi connectivity index (χ1n) is 11.7. The Morgan fingerprint density at radius 2 is 1.49 bits per heavy atom. The van der Waals surface area contributed by atoms with Gasteiger partial charge in [0.1, 0.15) is 0 Å². The predicted octanol–water partition coefficient (Wildman–Crippen LogP) is 4.18. The van der Waals surface area contributed by atoms with Crippen LogP contribution in [0.15, 0.2) is 65.6 Å². The van der Waals surface area contributed by atoms with Gasteiger partial charge in [-0.05, 0) is 42.5 Å². The summed E-state index contributed by atoms with van der Waals surface area (Å²) in [7, 11) is -3.86. The van der Waals surface area contributed by atoms with Crippen molar-refractivity contribution >= 4 is 38.3 Å². The van der Waals surface area contributed by atoms with Crippen LogP contribution < -0.4 is 10.0 Å². The summed E-state index contributed by atoms with van der Waals surface area (Å²) in [6, 6.07) is 17.3. The van der Waals surface area contributed by atoms with Crippen LogP contribution in [0.5, 0.6) is 0 Å². The van der Waals surface area contributed by atoms with E-state index in [4.69, 9.17) is 0 Å². The molecule has 1 heterocycles. The minimum absolute atomic E-state index is 0.000617. The summed E-state index contributed by atoms with van der Waals surface area (Å²) >= 11 is 0. The van der Waals surface area contributed by atoms with Gasteiger partial charge >= 0.3 is 0 Å². The van der Waals surface area contributed by atoms with Crippen molar-refractivity contribution in [3.05, 3.63) is 71.8 Å². The number of benzene rings is 3. The van der Waals surface area contributed by atoms with Crippen molar-refractivity contribution < 1.29 is 18.0 Å². The molecule has 8 heteroatoms. The molecule has 3 aromatic rings. The van der Waals surface area contributed by atoms with Crippen LogP contribution in [0.25, 0.3) is 10.8 Å². The summed E-state index contributed by atoms with van der Waals surface area (Å²) in [5, 5.41) is 4.11. The lowest BCUT2D eigenvalue weighted by Gasteiger charge is -2.41. The fourth-order valence-corrected chi connectivity index (χ4v) is 6.59. The lowest BCUT2D eigenvalue weighted by atomic mass is 9.86. The van der Waals surface area contributed by atoms with Crippen LogP contribution in [0.3, 0.4) is 0 Å². The molecule has 0 bridgehead atoms. The molecule has 1 saturated heterocycles. The van der Waals surface area contributed by atoms with E-state index >= 15 is 0 Å². The number of carbonyl (C=O) groups is 2. The number of hydrogen-bond acceptors (Lipinski definition) is 4. The summed E-state index contributed by atoms with van der Waals surface area (Å²) in [6.07, 6.45) is 0. The second-order valence-corrected chi connectivity index (χ2v) is 11.1. The molecule has 1 aliphatic rings. The lowest BCUT2D eigenvalue weighted by Crippen LogP contribution is -2.55. The molecule has 7 nitrogen and oxygen atoms in total. The summed E-state index contributed by atoms with van der Waals surface area (Å²) in [5.74, 6) is -0.311. The molecule has 0 spiro atoms. The van der Waals surface area contributed by atoms with E-state index < -0.39 is 10.0 Å². The van der Waals surface area contributed by atoms with E-state index in [1.54, 1.807) is 35.2 Å². The largest absolute Gasteiger partial charge is 0.342 e. The van der Waals surface area contributed by atoms with Gasteiger partial charge < -0.3 is 10.2 Å². The molecule has 2 N–H and O–H groups in total. The van der Waals surface area contributed by atoms with Gasteiger partial charge in [0.2, 0.25) is 15.9 Å². The third-order valence-corrected chi connectivity index (χ3v) is 8.31. The maximum atomic E-state index is 13.5. The molecule has 1 fully saturated rings. The number of hydrogen-bond donors (Lipinski definition) is 2. The number of likely N-dealkylation sites (tertiary alicyclic amines) is 1. The molecule has 3 aromatic carbocycles. The minimum atomic E-state index is -3.86. The van der Waals surface area contributed by atoms with E-state index in [1.165, 1.54) is 13.0 Å². The molecule has 1 aliphatic heterocycles. The van der Waals surface area contributed by atoms with Gasteiger partial charge in [-0.15, -0.1) is 0 Å². The van der Waals surface area contributed by atoms with Crippen molar-refractivity contribution in [1.29, 1.82) is 0 Å². The van der Waals surface area contributed by atoms with Gasteiger partial charge in [0.15, 0.2) is 0 Å². The molecule has 35 heavy (non-hydrogen) atoms. The normalized spacial score (nSPS) is 20.6. The van der Waals surface area contributed by atoms with Gasteiger partial charge in [0.05, 0.1) is 4.90 Å². The number of nitrogens with zero attached hydrogens (tertiary/aromatic N) is 1. The highest BCUT2D eigenvalue weighted by Gasteiger charge is 2.36. The summed E-state index contributed by atoms with van der Waals surface area (Å²) in [4.78, 5) is 26.7. The topological polar surface area (TPSA) is 95.6 Å². The second-order valence-electron chi connectivity index (χ2n) is 9.45. The number of nitrogens with one attached hydrogen (secondary N) is 2. The molecule has 1 unspecified atom stereocenters. The van der Waals surface area contributed by atoms with Crippen LogP contribution in [0, 0.1) is 18.8 Å². The molecule has 3 atom stereocenters. The highest BCUT2D eigenvalue weighted by molar-refractivity contribution is 7.89. The Labute approximate surface area is 206 Å². The fourth-order valence-electron chi connectivity index (χ4n) is 4.92. The molecule has 2 amide bonds. The predicted molar refractivity (Wildman–Crippen MR) is 138 cm³/mol. The van der Waals surface area contributed by atoms with Gasteiger partial charge in [0.25, 0.3) is 5.91 Å². The molecule has 0 aromatic heterocycles. The first kappa shape index (κ1) is 24.9. The number of carbonyl (C=O) groups excluding carboxylic acids is 2. The van der Waals surface area contributed by atoms with Crippen molar-refractivity contribution in [2.75, 3.05) is 18.4 Å². The van der Waals surface area contributed by atoms with Gasteiger partial charge in [-0.2, -0.15) is 0 Å². The van der Waals surface area contributed by atoms with Crippen molar-refractivity contribution in [2.45, 2.75) is 38.6 Å². The minimum Gasteiger partial charge on any atom is -0.342 e. The number of amides is 2. The number of sulfonamides is 1. The number of anilines is 1. The van der Waals surface area contributed by atoms with Crippen LogP contribution >= 0.6 is 0 Å². The van der Waals surface area contributed by atoms with Crippen molar-refractivity contribution in [3.8, 4) is 0 Å². The van der Waals surface area contributed by atoms with Crippen LogP contribution in [-0.4, -0.2) is 44.3 Å². The van der Waals surface area contributed by atoms with Crippen LogP contribution in [0.1, 0.15) is 36.7 Å². The van der Waals surface area contributed by atoms with E-state index in [0.29, 0.717) is 35.1 Å². The van der Waals surface area contributed by atoms with Gasteiger partial charge in [-0.1, -0.05) is 56.3 Å². The Kier molecular flexibility index (Phi) is 6.96. The zero-order valence-corrected chi connectivity index (χ0v) is 21.2. The highest BCUT2D eigenvalue weighted by Crippen LogP contribution is 2.31. The first-order valence-corrected chi connectivity index (χ1v) is 13.2. The standard InChI is InChI=1S/C27H31N3O4S/c1-17-9-5-6-10-21(17)27(32)28-24-13-14-25(23-12-8-7-11-22(23)24)35(33,34)29-26-18(2)15-30(20(4)31)16-19(26)3/h5-14,18-19,26,29H,15-16H2,1-4H3,(H,28,32)/t18-,19+,26?. The van der Waals surface area contributed by atoms with Gasteiger partial charge in [0, 0.05) is 48.1 Å². The maximum Gasteiger partial charge on any atom is 0.255 e. The number of piperidine rings is 1.